The Kier molecular flexibility index (Phi) is 3.39. The Morgan fingerprint density at radius 3 is 2.60 bits per heavy atom. The van der Waals surface area contributed by atoms with Crippen LogP contribution in [0.4, 0.5) is 16.3 Å². The zero-order valence-corrected chi connectivity index (χ0v) is 11.9. The standard InChI is InChI=1S/C14H11BrN4O/c15-9-5-7-10(8-6-9)16-14(20)17-13-11-3-1-2-4-12(11)18-19-13/h1-8H,(H3,16,17,18,19,20). The van der Waals surface area contributed by atoms with Crippen LogP contribution in [0.5, 0.6) is 0 Å². The molecule has 0 atom stereocenters. The number of urea groups is 1. The third kappa shape index (κ3) is 2.65. The van der Waals surface area contributed by atoms with E-state index in [1.165, 1.54) is 0 Å². The van der Waals surface area contributed by atoms with E-state index in [2.05, 4.69) is 36.8 Å². The number of halogens is 1. The second-order valence-electron chi connectivity index (χ2n) is 4.20. The smallest absolute Gasteiger partial charge is 0.308 e. The van der Waals surface area contributed by atoms with Gasteiger partial charge in [-0.05, 0) is 36.4 Å². The van der Waals surface area contributed by atoms with Gasteiger partial charge in [-0.15, -0.1) is 0 Å². The van der Waals surface area contributed by atoms with Crippen LogP contribution in [-0.4, -0.2) is 16.2 Å². The first-order chi connectivity index (χ1) is 9.72. The number of amides is 2. The predicted molar refractivity (Wildman–Crippen MR) is 82.9 cm³/mol. The van der Waals surface area contributed by atoms with Crippen molar-refractivity contribution < 1.29 is 4.79 Å². The molecule has 5 nitrogen and oxygen atoms in total. The molecule has 0 unspecified atom stereocenters. The highest BCUT2D eigenvalue weighted by molar-refractivity contribution is 9.10. The fourth-order valence-electron chi connectivity index (χ4n) is 1.86. The number of fused-ring (bicyclic) bond motifs is 1. The molecule has 100 valence electrons. The molecule has 0 radical (unpaired) electrons. The molecule has 0 fully saturated rings. The lowest BCUT2D eigenvalue weighted by Crippen LogP contribution is -2.19. The SMILES string of the molecule is O=C(Nc1ccc(Br)cc1)Nc1n[nH]c2ccccc12. The lowest BCUT2D eigenvalue weighted by molar-refractivity contribution is 0.262. The van der Waals surface area contributed by atoms with Crippen LogP contribution in [0.2, 0.25) is 0 Å². The van der Waals surface area contributed by atoms with Gasteiger partial charge in [0.2, 0.25) is 0 Å². The molecule has 0 aliphatic carbocycles. The number of aromatic amines is 1. The molecule has 3 N–H and O–H groups in total. The summed E-state index contributed by atoms with van der Waals surface area (Å²) in [5.74, 6) is 0.509. The molecule has 0 aliphatic rings. The van der Waals surface area contributed by atoms with Crippen LogP contribution >= 0.6 is 15.9 Å². The number of anilines is 2. The van der Waals surface area contributed by atoms with E-state index in [0.29, 0.717) is 11.5 Å². The Balaban J connectivity index is 1.74. The Morgan fingerprint density at radius 1 is 1.05 bits per heavy atom. The maximum Gasteiger partial charge on any atom is 0.324 e. The average molecular weight is 331 g/mol. The van der Waals surface area contributed by atoms with Gasteiger partial charge in [-0.3, -0.25) is 10.4 Å². The number of carbonyl (C=O) groups is 1. The van der Waals surface area contributed by atoms with Crippen LogP contribution in [-0.2, 0) is 0 Å². The van der Waals surface area contributed by atoms with E-state index in [1.807, 2.05) is 48.5 Å². The number of hydrogen-bond acceptors (Lipinski definition) is 2. The lowest BCUT2D eigenvalue weighted by atomic mass is 10.2. The first-order valence-electron chi connectivity index (χ1n) is 5.99. The minimum absolute atomic E-state index is 0.329. The average Bonchev–Trinajstić information content (AvgIpc) is 2.85. The van der Waals surface area contributed by atoms with Crippen molar-refractivity contribution in [1.82, 2.24) is 10.2 Å². The molecule has 0 saturated carbocycles. The fourth-order valence-corrected chi connectivity index (χ4v) is 2.13. The summed E-state index contributed by atoms with van der Waals surface area (Å²) in [6.07, 6.45) is 0. The summed E-state index contributed by atoms with van der Waals surface area (Å²) in [5.41, 5.74) is 1.59. The molecule has 20 heavy (non-hydrogen) atoms. The van der Waals surface area contributed by atoms with E-state index in [-0.39, 0.29) is 6.03 Å². The van der Waals surface area contributed by atoms with Gasteiger partial charge in [0.25, 0.3) is 0 Å². The van der Waals surface area contributed by atoms with Crippen molar-refractivity contribution in [2.75, 3.05) is 10.6 Å². The number of para-hydroxylation sites is 1. The molecule has 1 heterocycles. The van der Waals surface area contributed by atoms with Gasteiger partial charge >= 0.3 is 6.03 Å². The van der Waals surface area contributed by atoms with Gasteiger partial charge < -0.3 is 5.32 Å². The van der Waals surface area contributed by atoms with Crippen LogP contribution in [0.25, 0.3) is 10.9 Å². The number of aromatic nitrogens is 2. The molecule has 2 aromatic carbocycles. The van der Waals surface area contributed by atoms with E-state index in [1.54, 1.807) is 0 Å². The number of rotatable bonds is 2. The summed E-state index contributed by atoms with van der Waals surface area (Å²) in [4.78, 5) is 11.9. The van der Waals surface area contributed by atoms with Gasteiger partial charge in [-0.2, -0.15) is 5.10 Å². The number of nitrogens with zero attached hydrogens (tertiary/aromatic N) is 1. The fraction of sp³-hybridized carbons (Fsp3) is 0. The van der Waals surface area contributed by atoms with Crippen molar-refractivity contribution in [3.05, 3.63) is 53.0 Å². The molecule has 1 aromatic heterocycles. The highest BCUT2D eigenvalue weighted by Gasteiger charge is 2.08. The van der Waals surface area contributed by atoms with Crippen molar-refractivity contribution in [2.45, 2.75) is 0 Å². The Bertz CT molecular complexity index is 751. The van der Waals surface area contributed by atoms with Gasteiger partial charge in [0.1, 0.15) is 0 Å². The second-order valence-corrected chi connectivity index (χ2v) is 5.12. The maximum atomic E-state index is 11.9. The maximum absolute atomic E-state index is 11.9. The van der Waals surface area contributed by atoms with Crippen molar-refractivity contribution in [3.8, 4) is 0 Å². The molecule has 0 aliphatic heterocycles. The van der Waals surface area contributed by atoms with Crippen LogP contribution in [0.15, 0.2) is 53.0 Å². The normalized spacial score (nSPS) is 10.4. The van der Waals surface area contributed by atoms with Gasteiger partial charge in [-0.25, -0.2) is 4.79 Å². The number of carbonyl (C=O) groups excluding carboxylic acids is 1. The van der Waals surface area contributed by atoms with Crippen LogP contribution in [0.3, 0.4) is 0 Å². The van der Waals surface area contributed by atoms with Crippen molar-refractivity contribution >= 4 is 44.4 Å². The number of benzene rings is 2. The quantitative estimate of drug-likeness (QED) is 0.665. The Morgan fingerprint density at radius 2 is 1.80 bits per heavy atom. The Labute approximate surface area is 123 Å². The number of H-pyrrole nitrogens is 1. The summed E-state index contributed by atoms with van der Waals surface area (Å²) in [5, 5.41) is 13.3. The summed E-state index contributed by atoms with van der Waals surface area (Å²) in [6, 6.07) is 14.6. The predicted octanol–water partition coefficient (Wildman–Crippen LogP) is 3.97. The molecule has 3 rings (SSSR count). The third-order valence-electron chi connectivity index (χ3n) is 2.80. The lowest BCUT2D eigenvalue weighted by Gasteiger charge is -2.05. The molecule has 2 amide bonds. The van der Waals surface area contributed by atoms with E-state index in [0.717, 1.165) is 15.4 Å². The number of hydrogen-bond donors (Lipinski definition) is 3. The van der Waals surface area contributed by atoms with Crippen molar-refractivity contribution in [2.24, 2.45) is 0 Å². The molecule has 3 aromatic rings. The zero-order chi connectivity index (χ0) is 13.9. The molecular formula is C14H11BrN4O. The van der Waals surface area contributed by atoms with E-state index < -0.39 is 0 Å². The minimum atomic E-state index is -0.329. The monoisotopic (exact) mass is 330 g/mol. The van der Waals surface area contributed by atoms with Gasteiger partial charge in [-0.1, -0.05) is 28.1 Å². The molecule has 0 saturated heterocycles. The number of nitrogens with one attached hydrogen (secondary N) is 3. The third-order valence-corrected chi connectivity index (χ3v) is 3.33. The summed E-state index contributed by atoms with van der Waals surface area (Å²) < 4.78 is 0.960. The largest absolute Gasteiger partial charge is 0.324 e. The van der Waals surface area contributed by atoms with Gasteiger partial charge in [0, 0.05) is 15.5 Å². The van der Waals surface area contributed by atoms with Gasteiger partial charge in [0.05, 0.1) is 5.52 Å². The minimum Gasteiger partial charge on any atom is -0.308 e. The Hall–Kier alpha value is -2.34. The molecule has 0 bridgehead atoms. The van der Waals surface area contributed by atoms with Crippen molar-refractivity contribution in [1.29, 1.82) is 0 Å². The zero-order valence-electron chi connectivity index (χ0n) is 10.4. The van der Waals surface area contributed by atoms with Crippen LogP contribution < -0.4 is 10.6 Å². The van der Waals surface area contributed by atoms with E-state index in [9.17, 15) is 4.79 Å². The topological polar surface area (TPSA) is 69.8 Å². The first kappa shape index (κ1) is 12.7. The summed E-state index contributed by atoms with van der Waals surface area (Å²) in [7, 11) is 0. The second kappa shape index (κ2) is 5.34. The van der Waals surface area contributed by atoms with E-state index >= 15 is 0 Å². The molecule has 6 heteroatoms. The molecule has 0 spiro atoms. The van der Waals surface area contributed by atoms with E-state index in [4.69, 9.17) is 0 Å². The highest BCUT2D eigenvalue weighted by Crippen LogP contribution is 2.20. The summed E-state index contributed by atoms with van der Waals surface area (Å²) >= 11 is 3.34. The van der Waals surface area contributed by atoms with Gasteiger partial charge in [0.15, 0.2) is 5.82 Å². The van der Waals surface area contributed by atoms with Crippen LogP contribution in [0.1, 0.15) is 0 Å². The molecular weight excluding hydrogens is 320 g/mol. The first-order valence-corrected chi connectivity index (χ1v) is 6.78. The highest BCUT2D eigenvalue weighted by atomic mass is 79.9. The van der Waals surface area contributed by atoms with Crippen molar-refractivity contribution in [3.63, 3.8) is 0 Å². The summed E-state index contributed by atoms with van der Waals surface area (Å²) in [6.45, 7) is 0. The van der Waals surface area contributed by atoms with Crippen LogP contribution in [0, 0.1) is 0 Å².